The summed E-state index contributed by atoms with van der Waals surface area (Å²) in [6, 6.07) is 7.47. The fraction of sp³-hybridized carbons (Fsp3) is 0.579. The Morgan fingerprint density at radius 2 is 2.04 bits per heavy atom. The van der Waals surface area contributed by atoms with Crippen molar-refractivity contribution < 1.29 is 19.4 Å². The highest BCUT2D eigenvalue weighted by Crippen LogP contribution is 2.42. The van der Waals surface area contributed by atoms with Gasteiger partial charge in [-0.2, -0.15) is 0 Å². The number of ether oxygens (including phenoxy) is 1. The Morgan fingerprint density at radius 1 is 1.29 bits per heavy atom. The molecule has 1 aliphatic rings. The molecule has 5 heteroatoms. The summed E-state index contributed by atoms with van der Waals surface area (Å²) >= 11 is 0. The van der Waals surface area contributed by atoms with Crippen molar-refractivity contribution in [1.29, 1.82) is 0 Å². The summed E-state index contributed by atoms with van der Waals surface area (Å²) in [6.45, 7) is 3.25. The molecule has 2 N–H and O–H groups in total. The number of aryl methyl sites for hydroxylation is 1. The summed E-state index contributed by atoms with van der Waals surface area (Å²) in [7, 11) is 0. The molecule has 0 saturated heterocycles. The number of carbonyl (C=O) groups excluding carboxylic acids is 1. The van der Waals surface area contributed by atoms with Crippen LogP contribution in [0.25, 0.3) is 0 Å². The Bertz CT molecular complexity index is 564. The molecule has 1 aromatic rings. The minimum Gasteiger partial charge on any atom is -0.481 e. The molecule has 1 saturated carbocycles. The second-order valence-electron chi connectivity index (χ2n) is 6.48. The van der Waals surface area contributed by atoms with Crippen molar-refractivity contribution >= 4 is 17.6 Å². The lowest BCUT2D eigenvalue weighted by Crippen LogP contribution is -2.35. The predicted molar refractivity (Wildman–Crippen MR) is 93.0 cm³/mol. The maximum atomic E-state index is 12.8. The van der Waals surface area contributed by atoms with E-state index < -0.39 is 5.97 Å². The fourth-order valence-electron chi connectivity index (χ4n) is 3.37. The zero-order valence-electron chi connectivity index (χ0n) is 14.3. The van der Waals surface area contributed by atoms with Crippen molar-refractivity contribution in [2.45, 2.75) is 51.9 Å². The van der Waals surface area contributed by atoms with Gasteiger partial charge in [0, 0.05) is 25.3 Å². The molecule has 0 heterocycles. The van der Waals surface area contributed by atoms with E-state index in [1.807, 2.05) is 31.2 Å². The van der Waals surface area contributed by atoms with Gasteiger partial charge in [0.05, 0.1) is 5.41 Å². The number of amides is 1. The van der Waals surface area contributed by atoms with Crippen LogP contribution in [0.1, 0.15) is 51.0 Å². The third-order valence-electron chi connectivity index (χ3n) is 4.78. The zero-order chi connectivity index (χ0) is 17.4. The number of carboxylic acid groups (broad SMARTS) is 1. The Kier molecular flexibility index (Phi) is 6.79. The topological polar surface area (TPSA) is 75.6 Å². The van der Waals surface area contributed by atoms with Gasteiger partial charge in [0.2, 0.25) is 5.91 Å². The van der Waals surface area contributed by atoms with Crippen molar-refractivity contribution in [2.75, 3.05) is 18.5 Å². The van der Waals surface area contributed by atoms with E-state index in [1.54, 1.807) is 0 Å². The van der Waals surface area contributed by atoms with Gasteiger partial charge in [-0.1, -0.05) is 25.0 Å². The number of hydrogen-bond acceptors (Lipinski definition) is 3. The zero-order valence-corrected chi connectivity index (χ0v) is 14.3. The Morgan fingerprint density at radius 3 is 2.71 bits per heavy atom. The van der Waals surface area contributed by atoms with Crippen LogP contribution in [0.4, 0.5) is 5.69 Å². The largest absolute Gasteiger partial charge is 0.481 e. The van der Waals surface area contributed by atoms with Crippen LogP contribution in [0.5, 0.6) is 0 Å². The summed E-state index contributed by atoms with van der Waals surface area (Å²) in [5.41, 5.74) is 1.34. The molecule has 24 heavy (non-hydrogen) atoms. The second-order valence-corrected chi connectivity index (χ2v) is 6.48. The molecule has 5 nitrogen and oxygen atoms in total. The molecule has 1 aromatic carbocycles. The quantitative estimate of drug-likeness (QED) is 0.677. The average molecular weight is 333 g/mol. The Balaban J connectivity index is 2.01. The summed E-state index contributed by atoms with van der Waals surface area (Å²) in [6.07, 6.45) is 5.29. The normalized spacial score (nSPS) is 16.0. The van der Waals surface area contributed by atoms with Crippen molar-refractivity contribution in [2.24, 2.45) is 5.41 Å². The molecule has 0 radical (unpaired) electrons. The SMILES string of the molecule is CCOCCC1(C(=O)Nc2cccc(CCC(=O)O)c2)CCCC1. The highest BCUT2D eigenvalue weighted by Gasteiger charge is 2.40. The Labute approximate surface area is 143 Å². The molecule has 0 spiro atoms. The van der Waals surface area contributed by atoms with Gasteiger partial charge in [0.25, 0.3) is 0 Å². The molecule has 2 rings (SSSR count). The van der Waals surface area contributed by atoms with Crippen molar-refractivity contribution in [3.63, 3.8) is 0 Å². The summed E-state index contributed by atoms with van der Waals surface area (Å²) in [5, 5.41) is 11.8. The van der Waals surface area contributed by atoms with Crippen LogP contribution in [0, 0.1) is 5.41 Å². The van der Waals surface area contributed by atoms with Gasteiger partial charge >= 0.3 is 5.97 Å². The van der Waals surface area contributed by atoms with Gasteiger partial charge in [-0.25, -0.2) is 0 Å². The average Bonchev–Trinajstić information content (AvgIpc) is 3.04. The van der Waals surface area contributed by atoms with Crippen molar-refractivity contribution in [1.82, 2.24) is 0 Å². The van der Waals surface area contributed by atoms with E-state index in [0.717, 1.165) is 43.4 Å². The number of benzene rings is 1. The van der Waals surface area contributed by atoms with Crippen LogP contribution in [-0.2, 0) is 20.7 Å². The van der Waals surface area contributed by atoms with Crippen LogP contribution >= 0.6 is 0 Å². The molecule has 0 bridgehead atoms. The standard InChI is InChI=1S/C19H27NO4/c1-2-24-13-12-19(10-3-4-11-19)18(23)20-16-7-5-6-15(14-16)8-9-17(21)22/h5-7,14H,2-4,8-13H2,1H3,(H,20,23)(H,21,22). The first kappa shape index (κ1) is 18.5. The van der Waals surface area contributed by atoms with E-state index in [-0.39, 0.29) is 17.7 Å². The Hall–Kier alpha value is -1.88. The maximum Gasteiger partial charge on any atom is 0.303 e. The fourth-order valence-corrected chi connectivity index (χ4v) is 3.37. The molecular weight excluding hydrogens is 306 g/mol. The number of nitrogens with one attached hydrogen (secondary N) is 1. The van der Waals surface area contributed by atoms with E-state index in [9.17, 15) is 9.59 Å². The third kappa shape index (κ3) is 5.06. The first-order valence-electron chi connectivity index (χ1n) is 8.76. The lowest BCUT2D eigenvalue weighted by atomic mass is 9.82. The monoisotopic (exact) mass is 333 g/mol. The number of carboxylic acids is 1. The highest BCUT2D eigenvalue weighted by molar-refractivity contribution is 5.95. The molecule has 1 aliphatic carbocycles. The highest BCUT2D eigenvalue weighted by atomic mass is 16.5. The molecular formula is C19H27NO4. The molecule has 1 fully saturated rings. The summed E-state index contributed by atoms with van der Waals surface area (Å²) in [5.74, 6) is -0.750. The van der Waals surface area contributed by atoms with Crippen LogP contribution in [0.3, 0.4) is 0 Å². The van der Waals surface area contributed by atoms with Crippen LogP contribution in [0.15, 0.2) is 24.3 Å². The first-order chi connectivity index (χ1) is 11.6. The van der Waals surface area contributed by atoms with E-state index in [0.29, 0.717) is 19.6 Å². The molecule has 1 amide bonds. The number of hydrogen-bond donors (Lipinski definition) is 2. The molecule has 0 unspecified atom stereocenters. The van der Waals surface area contributed by atoms with Crippen LogP contribution < -0.4 is 5.32 Å². The van der Waals surface area contributed by atoms with Crippen molar-refractivity contribution in [3.8, 4) is 0 Å². The first-order valence-corrected chi connectivity index (χ1v) is 8.76. The van der Waals surface area contributed by atoms with Crippen LogP contribution in [0.2, 0.25) is 0 Å². The van der Waals surface area contributed by atoms with Gasteiger partial charge in [-0.15, -0.1) is 0 Å². The number of carbonyl (C=O) groups is 2. The van der Waals surface area contributed by atoms with Crippen molar-refractivity contribution in [3.05, 3.63) is 29.8 Å². The van der Waals surface area contributed by atoms with Gasteiger partial charge in [-0.3, -0.25) is 9.59 Å². The van der Waals surface area contributed by atoms with Gasteiger partial charge in [0.1, 0.15) is 0 Å². The number of rotatable bonds is 9. The molecule has 0 aromatic heterocycles. The van der Waals surface area contributed by atoms with E-state index >= 15 is 0 Å². The van der Waals surface area contributed by atoms with E-state index in [2.05, 4.69) is 5.32 Å². The lowest BCUT2D eigenvalue weighted by Gasteiger charge is -2.27. The third-order valence-corrected chi connectivity index (χ3v) is 4.78. The minimum absolute atomic E-state index is 0.0649. The van der Waals surface area contributed by atoms with Gasteiger partial charge in [0.15, 0.2) is 0 Å². The van der Waals surface area contributed by atoms with Crippen LogP contribution in [-0.4, -0.2) is 30.2 Å². The summed E-state index contributed by atoms with van der Waals surface area (Å²) < 4.78 is 5.46. The van der Waals surface area contributed by atoms with E-state index in [4.69, 9.17) is 9.84 Å². The molecule has 132 valence electrons. The maximum absolute atomic E-state index is 12.8. The number of aliphatic carboxylic acids is 1. The predicted octanol–water partition coefficient (Wildman–Crippen LogP) is 3.63. The van der Waals surface area contributed by atoms with E-state index in [1.165, 1.54) is 0 Å². The molecule has 0 atom stereocenters. The second kappa shape index (κ2) is 8.83. The van der Waals surface area contributed by atoms with Gasteiger partial charge in [-0.05, 0) is 50.3 Å². The van der Waals surface area contributed by atoms with Gasteiger partial charge < -0.3 is 15.2 Å². The molecule has 0 aliphatic heterocycles. The summed E-state index contributed by atoms with van der Waals surface area (Å²) in [4.78, 5) is 23.5. The lowest BCUT2D eigenvalue weighted by molar-refractivity contribution is -0.137. The smallest absolute Gasteiger partial charge is 0.303 e. The minimum atomic E-state index is -0.815. The number of anilines is 1.